The average Bonchev–Trinajstić information content (AvgIpc) is 3.21. The summed E-state index contributed by atoms with van der Waals surface area (Å²) in [5.74, 6) is -0.530. The van der Waals surface area contributed by atoms with Gasteiger partial charge in [0.05, 0.1) is 121 Å². The number of nitrogens with zero attached hydrogens (tertiary/aromatic N) is 2. The number of hydrogen-bond acceptors (Lipinski definition) is 14. The van der Waals surface area contributed by atoms with Gasteiger partial charge in [0, 0.05) is 81.0 Å². The quantitative estimate of drug-likeness (QED) is 0.0188. The van der Waals surface area contributed by atoms with Crippen LogP contribution in [0.2, 0.25) is 0 Å². The van der Waals surface area contributed by atoms with E-state index in [2.05, 4.69) is 50.2 Å². The number of carbonyl (C=O) groups is 3. The van der Waals surface area contributed by atoms with Crippen LogP contribution in [0.5, 0.6) is 0 Å². The number of rotatable bonds is 31. The van der Waals surface area contributed by atoms with Crippen molar-refractivity contribution in [3.05, 3.63) is 150 Å². The van der Waals surface area contributed by atoms with Crippen LogP contribution >= 0.6 is 0 Å². The number of H-pyrrole nitrogens is 2. The molecule has 0 saturated carbocycles. The van der Waals surface area contributed by atoms with Crippen LogP contribution in [0.1, 0.15) is 42.0 Å². The van der Waals surface area contributed by atoms with Gasteiger partial charge >= 0.3 is 0 Å². The third kappa shape index (κ3) is 16.6. The first-order valence-corrected chi connectivity index (χ1v) is 28.3. The first-order valence-electron chi connectivity index (χ1n) is 28.3. The van der Waals surface area contributed by atoms with Crippen LogP contribution < -0.4 is 33.2 Å². The maximum atomic E-state index is 13.1. The highest BCUT2D eigenvalue weighted by Crippen LogP contribution is 2.39. The van der Waals surface area contributed by atoms with E-state index in [-0.39, 0.29) is 56.8 Å². The van der Waals surface area contributed by atoms with Crippen molar-refractivity contribution in [3.8, 4) is 44.5 Å². The molecular weight excluding hydrogens is 1060 g/mol. The minimum Gasteiger partial charge on any atom is -0.379 e. The van der Waals surface area contributed by atoms with Crippen molar-refractivity contribution in [3.63, 3.8) is 0 Å². The number of nitrogens with one attached hydrogen (secondary N) is 5. The van der Waals surface area contributed by atoms with Gasteiger partial charge in [-0.25, -0.2) is 9.97 Å². The van der Waals surface area contributed by atoms with Gasteiger partial charge < -0.3 is 71.5 Å². The summed E-state index contributed by atoms with van der Waals surface area (Å²) in [6.07, 6.45) is 8.64. The Morgan fingerprint density at radius 2 is 0.595 bits per heavy atom. The molecule has 5 heterocycles. The van der Waals surface area contributed by atoms with Gasteiger partial charge in [-0.05, 0) is 107 Å². The van der Waals surface area contributed by atoms with Gasteiger partial charge in [-0.1, -0.05) is 66.7 Å². The number of fused-ring (bicyclic) bond motifs is 8. The minimum atomic E-state index is -0.182. The number of aromatic nitrogens is 4. The molecular formula is C65H72N10O9. The van der Waals surface area contributed by atoms with E-state index in [4.69, 9.17) is 55.6 Å². The summed E-state index contributed by atoms with van der Waals surface area (Å²) in [6.45, 7) is 5.81. The van der Waals surface area contributed by atoms with Gasteiger partial charge in [-0.15, -0.1) is 0 Å². The molecule has 0 saturated heterocycles. The Hall–Kier alpha value is -8.47. The van der Waals surface area contributed by atoms with Gasteiger partial charge in [-0.3, -0.25) is 14.4 Å². The van der Waals surface area contributed by atoms with E-state index in [9.17, 15) is 14.4 Å². The van der Waals surface area contributed by atoms with Crippen LogP contribution in [0, 0.1) is 0 Å². The third-order valence-electron chi connectivity index (χ3n) is 13.5. The summed E-state index contributed by atoms with van der Waals surface area (Å²) in [7, 11) is 0. The summed E-state index contributed by atoms with van der Waals surface area (Å²) in [5.41, 5.74) is 31.3. The van der Waals surface area contributed by atoms with E-state index in [1.807, 2.05) is 127 Å². The molecule has 84 heavy (non-hydrogen) atoms. The molecule has 7 aromatic rings. The Labute approximate surface area is 488 Å². The molecule has 2 aliphatic heterocycles. The van der Waals surface area contributed by atoms with E-state index in [1.165, 1.54) is 0 Å². The van der Waals surface area contributed by atoms with Crippen LogP contribution in [-0.2, 0) is 42.8 Å². The fourth-order valence-electron chi connectivity index (χ4n) is 9.57. The van der Waals surface area contributed by atoms with Crippen LogP contribution in [0.25, 0.3) is 90.9 Å². The fraction of sp³-hybridized carbons (Fsp3) is 0.277. The minimum absolute atomic E-state index is 0.173. The molecule has 19 heteroatoms. The third-order valence-corrected chi connectivity index (χ3v) is 13.5. The van der Waals surface area contributed by atoms with Crippen molar-refractivity contribution < 1.29 is 42.8 Å². The van der Waals surface area contributed by atoms with Crippen LogP contribution in [0.3, 0.4) is 0 Å². The second-order valence-corrected chi connectivity index (χ2v) is 19.5. The second kappa shape index (κ2) is 31.3. The van der Waals surface area contributed by atoms with Crippen molar-refractivity contribution in [2.45, 2.75) is 19.3 Å². The molecule has 2 aliphatic rings. The number of aromatic amines is 2. The van der Waals surface area contributed by atoms with E-state index in [0.717, 1.165) is 78.0 Å². The summed E-state index contributed by atoms with van der Waals surface area (Å²) in [6, 6.07) is 41.5. The molecule has 0 spiro atoms. The number of carbonyl (C=O) groups excluding carboxylic acids is 3. The van der Waals surface area contributed by atoms with Crippen molar-refractivity contribution in [2.75, 3.05) is 115 Å². The lowest BCUT2D eigenvalue weighted by molar-refractivity contribution is -0.118. The predicted molar refractivity (Wildman–Crippen MR) is 332 cm³/mol. The molecule has 8 bridgehead atoms. The summed E-state index contributed by atoms with van der Waals surface area (Å²) in [4.78, 5) is 57.5. The summed E-state index contributed by atoms with van der Waals surface area (Å²) >= 11 is 0. The Morgan fingerprint density at radius 3 is 0.869 bits per heavy atom. The second-order valence-electron chi connectivity index (χ2n) is 19.5. The summed E-state index contributed by atoms with van der Waals surface area (Å²) in [5, 5.41) is 9.01. The largest absolute Gasteiger partial charge is 0.379 e. The lowest BCUT2D eigenvalue weighted by atomic mass is 10.0. The lowest BCUT2D eigenvalue weighted by Gasteiger charge is -2.10. The molecule has 9 rings (SSSR count). The Kier molecular flexibility index (Phi) is 22.4. The molecule has 0 unspecified atom stereocenters. The normalized spacial score (nSPS) is 11.8. The van der Waals surface area contributed by atoms with Gasteiger partial charge in [0.1, 0.15) is 0 Å². The first kappa shape index (κ1) is 60.1. The van der Waals surface area contributed by atoms with E-state index in [1.54, 1.807) is 0 Å². The van der Waals surface area contributed by atoms with Gasteiger partial charge in [-0.2, -0.15) is 0 Å². The highest BCUT2D eigenvalue weighted by atomic mass is 16.5. The van der Waals surface area contributed by atoms with E-state index < -0.39 is 0 Å². The zero-order valence-corrected chi connectivity index (χ0v) is 47.0. The topological polar surface area (TPSA) is 278 Å². The van der Waals surface area contributed by atoms with Crippen molar-refractivity contribution in [1.82, 2.24) is 19.9 Å². The molecule has 436 valence electrons. The van der Waals surface area contributed by atoms with Crippen molar-refractivity contribution in [2.24, 2.45) is 17.2 Å². The van der Waals surface area contributed by atoms with Crippen LogP contribution in [-0.4, -0.2) is 137 Å². The summed E-state index contributed by atoms with van der Waals surface area (Å²) < 4.78 is 32.9. The van der Waals surface area contributed by atoms with E-state index in [0.29, 0.717) is 108 Å². The van der Waals surface area contributed by atoms with Crippen LogP contribution in [0.4, 0.5) is 17.1 Å². The number of ether oxygens (including phenoxy) is 6. The monoisotopic (exact) mass is 1140 g/mol. The number of anilines is 3. The maximum absolute atomic E-state index is 13.1. The Balaban J connectivity index is 1.12. The fourth-order valence-corrected chi connectivity index (χ4v) is 9.57. The SMILES string of the molecule is NCCOCCOCCC(=O)Nc1ccc(-c2c3nc(c(-c4ccc(NC(=O)CCOCCOCCN)cc4)c4ccc([nH]4)c(-c4ccc(NC(=O)CCOCCOCCN)cc4)c4nc(c(-c5ccccc5)c5ccc2[nH]5)C=C4)C=C3)cc1. The molecule has 0 radical (unpaired) electrons. The molecule has 4 aromatic carbocycles. The van der Waals surface area contributed by atoms with E-state index >= 15 is 0 Å². The molecule has 3 amide bonds. The highest BCUT2D eigenvalue weighted by molar-refractivity contribution is 6.01. The number of nitrogens with two attached hydrogens (primary N) is 3. The van der Waals surface area contributed by atoms with Crippen molar-refractivity contribution in [1.29, 1.82) is 0 Å². The van der Waals surface area contributed by atoms with Crippen LogP contribution in [0.15, 0.2) is 127 Å². The first-order chi connectivity index (χ1) is 41.3. The lowest BCUT2D eigenvalue weighted by Crippen LogP contribution is -2.16. The predicted octanol–water partition coefficient (Wildman–Crippen LogP) is 9.29. The zero-order chi connectivity index (χ0) is 58.3. The highest BCUT2D eigenvalue weighted by Gasteiger charge is 2.20. The van der Waals surface area contributed by atoms with Crippen molar-refractivity contribution >= 4 is 81.2 Å². The van der Waals surface area contributed by atoms with Gasteiger partial charge in [0.15, 0.2) is 0 Å². The molecule has 11 N–H and O–H groups in total. The molecule has 0 fully saturated rings. The smallest absolute Gasteiger partial charge is 0.226 e. The maximum Gasteiger partial charge on any atom is 0.226 e. The Morgan fingerprint density at radius 1 is 0.333 bits per heavy atom. The molecule has 0 aliphatic carbocycles. The molecule has 19 nitrogen and oxygen atoms in total. The number of benzene rings is 4. The standard InChI is InChI=1S/C65H72N10O9/c66-29-35-82-41-38-79-32-26-59(76)69-48-12-6-45(7-13-48)63-53-20-18-51(72-53)62(44-4-2-1-3-5-44)52-19-21-54(73-52)64(46-8-14-49(15-9-46)70-60(77)27-33-80-39-42-83-36-30-67)56-23-25-58(75-56)65(57-24-22-55(63)74-57)47-10-16-50(17-11-47)71-61(78)28-34-81-40-43-84-37-31-68/h1-25,72,75H,26-43,66-68H2,(H,69,76)(H,70,77)(H,71,78). The van der Waals surface area contributed by atoms with Gasteiger partial charge in [0.2, 0.25) is 17.7 Å². The number of amides is 3. The van der Waals surface area contributed by atoms with Gasteiger partial charge in [0.25, 0.3) is 0 Å². The Bertz CT molecular complexity index is 3470. The zero-order valence-electron chi connectivity index (χ0n) is 47.0. The molecule has 0 atom stereocenters. The molecule has 3 aromatic heterocycles. The average molecular weight is 1140 g/mol. The number of hydrogen-bond donors (Lipinski definition) is 8.